The molecule has 0 aliphatic heterocycles. The fourth-order valence-electron chi connectivity index (χ4n) is 0.922. The number of ether oxygens (including phenoxy) is 1. The Kier molecular flexibility index (Phi) is 3.22. The number of halogens is 2. The Morgan fingerprint density at radius 2 is 1.88 bits per heavy atom. The average molecular weight is 230 g/mol. The van der Waals surface area contributed by atoms with Crippen molar-refractivity contribution >= 4 is 11.9 Å². The topological polar surface area (TPSA) is 63.6 Å². The van der Waals surface area contributed by atoms with Gasteiger partial charge in [0.05, 0.1) is 0 Å². The van der Waals surface area contributed by atoms with Crippen LogP contribution in [0.4, 0.5) is 8.78 Å². The standard InChI is InChI=1S/C10H8F2O4/c1-10(11,12)9(15)16-7-5-3-2-4-6(7)8(13)14/h2-5H,1H3,(H,13,14). The molecule has 4 nitrogen and oxygen atoms in total. The number of carbonyl (C=O) groups is 2. The number of alkyl halides is 2. The third kappa shape index (κ3) is 2.75. The molecule has 0 amide bonds. The van der Waals surface area contributed by atoms with Crippen LogP contribution in [0.1, 0.15) is 17.3 Å². The van der Waals surface area contributed by atoms with E-state index in [1.807, 2.05) is 0 Å². The molecule has 1 rings (SSSR count). The van der Waals surface area contributed by atoms with Crippen molar-refractivity contribution in [2.75, 3.05) is 0 Å². The summed E-state index contributed by atoms with van der Waals surface area (Å²) < 4.78 is 29.3. The van der Waals surface area contributed by atoms with E-state index in [-0.39, 0.29) is 5.56 Å². The van der Waals surface area contributed by atoms with Gasteiger partial charge < -0.3 is 9.84 Å². The molecule has 1 aromatic carbocycles. The number of carbonyl (C=O) groups excluding carboxylic acids is 1. The molecule has 0 fully saturated rings. The van der Waals surface area contributed by atoms with Gasteiger partial charge in [0.2, 0.25) is 0 Å². The zero-order valence-electron chi connectivity index (χ0n) is 8.24. The van der Waals surface area contributed by atoms with E-state index >= 15 is 0 Å². The van der Waals surface area contributed by atoms with Gasteiger partial charge in [0, 0.05) is 6.92 Å². The fourth-order valence-corrected chi connectivity index (χ4v) is 0.922. The van der Waals surface area contributed by atoms with Crippen molar-refractivity contribution in [3.8, 4) is 5.75 Å². The highest BCUT2D eigenvalue weighted by Gasteiger charge is 2.35. The number of carboxylic acid groups (broad SMARTS) is 1. The Morgan fingerprint density at radius 3 is 2.38 bits per heavy atom. The van der Waals surface area contributed by atoms with Crippen molar-refractivity contribution in [2.24, 2.45) is 0 Å². The molecule has 1 N–H and O–H groups in total. The molecule has 0 spiro atoms. The van der Waals surface area contributed by atoms with Gasteiger partial charge in [0.1, 0.15) is 11.3 Å². The van der Waals surface area contributed by atoms with Crippen LogP contribution in [0.3, 0.4) is 0 Å². The number of para-hydroxylation sites is 1. The van der Waals surface area contributed by atoms with Crippen LogP contribution in [0.15, 0.2) is 24.3 Å². The van der Waals surface area contributed by atoms with Crippen LogP contribution < -0.4 is 4.74 Å². The molecular weight excluding hydrogens is 222 g/mol. The monoisotopic (exact) mass is 230 g/mol. The van der Waals surface area contributed by atoms with E-state index in [1.165, 1.54) is 12.1 Å². The molecule has 0 aliphatic carbocycles. The summed E-state index contributed by atoms with van der Waals surface area (Å²) in [6.07, 6.45) is 0. The molecule has 0 aromatic heterocycles. The summed E-state index contributed by atoms with van der Waals surface area (Å²) in [7, 11) is 0. The van der Waals surface area contributed by atoms with Gasteiger partial charge in [-0.2, -0.15) is 8.78 Å². The Balaban J connectivity index is 2.98. The third-order valence-corrected chi connectivity index (χ3v) is 1.68. The maximum Gasteiger partial charge on any atom is 0.382 e. The third-order valence-electron chi connectivity index (χ3n) is 1.68. The van der Waals surface area contributed by atoms with Crippen molar-refractivity contribution < 1.29 is 28.2 Å². The summed E-state index contributed by atoms with van der Waals surface area (Å²) in [4.78, 5) is 21.5. The number of hydrogen-bond donors (Lipinski definition) is 1. The lowest BCUT2D eigenvalue weighted by atomic mass is 10.2. The van der Waals surface area contributed by atoms with Gasteiger partial charge >= 0.3 is 17.9 Å². The number of benzene rings is 1. The smallest absolute Gasteiger partial charge is 0.382 e. The molecule has 0 radical (unpaired) electrons. The van der Waals surface area contributed by atoms with E-state index in [0.29, 0.717) is 6.92 Å². The first-order valence-electron chi connectivity index (χ1n) is 4.25. The van der Waals surface area contributed by atoms with Gasteiger partial charge in [-0.15, -0.1) is 0 Å². The predicted octanol–water partition coefficient (Wildman–Crippen LogP) is 1.95. The highest BCUT2D eigenvalue weighted by molar-refractivity contribution is 5.92. The number of esters is 1. The minimum atomic E-state index is -3.66. The van der Waals surface area contributed by atoms with Crippen LogP contribution in [0.25, 0.3) is 0 Å². The lowest BCUT2D eigenvalue weighted by Crippen LogP contribution is -2.29. The first kappa shape index (κ1) is 12.1. The van der Waals surface area contributed by atoms with Gasteiger partial charge in [-0.3, -0.25) is 0 Å². The molecular formula is C10H8F2O4. The predicted molar refractivity (Wildman–Crippen MR) is 49.7 cm³/mol. The molecule has 1 aromatic rings. The van der Waals surface area contributed by atoms with E-state index in [2.05, 4.69) is 4.74 Å². The molecule has 0 atom stereocenters. The molecule has 16 heavy (non-hydrogen) atoms. The van der Waals surface area contributed by atoms with E-state index in [0.717, 1.165) is 12.1 Å². The van der Waals surface area contributed by atoms with Crippen LogP contribution in [-0.4, -0.2) is 23.0 Å². The number of carboxylic acids is 1. The Morgan fingerprint density at radius 1 is 1.31 bits per heavy atom. The van der Waals surface area contributed by atoms with E-state index in [9.17, 15) is 18.4 Å². The van der Waals surface area contributed by atoms with Crippen LogP contribution in [0.5, 0.6) is 5.75 Å². The number of rotatable bonds is 3. The maximum absolute atomic E-state index is 12.5. The maximum atomic E-state index is 12.5. The second kappa shape index (κ2) is 4.26. The molecule has 0 heterocycles. The number of aromatic carboxylic acids is 1. The highest BCUT2D eigenvalue weighted by atomic mass is 19.3. The lowest BCUT2D eigenvalue weighted by Gasteiger charge is -2.11. The van der Waals surface area contributed by atoms with E-state index in [1.54, 1.807) is 0 Å². The Labute approximate surface area is 89.5 Å². The van der Waals surface area contributed by atoms with Crippen LogP contribution in [0, 0.1) is 0 Å². The molecule has 0 aliphatic rings. The largest absolute Gasteiger partial charge is 0.478 e. The molecule has 86 valence electrons. The second-order valence-electron chi connectivity index (χ2n) is 3.08. The highest BCUT2D eigenvalue weighted by Crippen LogP contribution is 2.21. The first-order chi connectivity index (χ1) is 7.32. The number of hydrogen-bond acceptors (Lipinski definition) is 3. The molecule has 6 heteroatoms. The van der Waals surface area contributed by atoms with Crippen molar-refractivity contribution in [2.45, 2.75) is 12.8 Å². The Hall–Kier alpha value is -1.98. The lowest BCUT2D eigenvalue weighted by molar-refractivity contribution is -0.158. The van der Waals surface area contributed by atoms with E-state index in [4.69, 9.17) is 5.11 Å². The average Bonchev–Trinajstić information content (AvgIpc) is 2.16. The SMILES string of the molecule is CC(F)(F)C(=O)Oc1ccccc1C(=O)O. The van der Waals surface area contributed by atoms with Gasteiger partial charge in [0.25, 0.3) is 0 Å². The second-order valence-corrected chi connectivity index (χ2v) is 3.08. The van der Waals surface area contributed by atoms with Crippen molar-refractivity contribution in [1.82, 2.24) is 0 Å². The summed E-state index contributed by atoms with van der Waals surface area (Å²) in [5, 5.41) is 8.70. The van der Waals surface area contributed by atoms with Crippen molar-refractivity contribution in [3.63, 3.8) is 0 Å². The first-order valence-corrected chi connectivity index (χ1v) is 4.25. The molecule has 0 saturated heterocycles. The Bertz CT molecular complexity index is 423. The zero-order valence-corrected chi connectivity index (χ0v) is 8.24. The van der Waals surface area contributed by atoms with E-state index < -0.39 is 23.6 Å². The zero-order chi connectivity index (χ0) is 12.3. The quantitative estimate of drug-likeness (QED) is 0.636. The molecule has 0 unspecified atom stereocenters. The summed E-state index contributed by atoms with van der Waals surface area (Å²) >= 11 is 0. The van der Waals surface area contributed by atoms with Gasteiger partial charge in [-0.25, -0.2) is 9.59 Å². The minimum absolute atomic E-state index is 0.347. The van der Waals surface area contributed by atoms with Gasteiger partial charge in [-0.1, -0.05) is 12.1 Å². The van der Waals surface area contributed by atoms with Crippen LogP contribution in [-0.2, 0) is 4.79 Å². The molecule has 0 bridgehead atoms. The van der Waals surface area contributed by atoms with Gasteiger partial charge in [0.15, 0.2) is 0 Å². The minimum Gasteiger partial charge on any atom is -0.478 e. The normalized spacial score (nSPS) is 10.9. The van der Waals surface area contributed by atoms with Crippen LogP contribution >= 0.6 is 0 Å². The molecule has 0 saturated carbocycles. The summed E-state index contributed by atoms with van der Waals surface area (Å²) in [6.45, 7) is 0.374. The van der Waals surface area contributed by atoms with Crippen molar-refractivity contribution in [3.05, 3.63) is 29.8 Å². The fraction of sp³-hybridized carbons (Fsp3) is 0.200. The van der Waals surface area contributed by atoms with Gasteiger partial charge in [-0.05, 0) is 12.1 Å². The van der Waals surface area contributed by atoms with Crippen LogP contribution in [0.2, 0.25) is 0 Å². The summed E-state index contributed by atoms with van der Waals surface area (Å²) in [5.41, 5.74) is -0.347. The summed E-state index contributed by atoms with van der Waals surface area (Å²) in [5.74, 6) is -7.21. The summed E-state index contributed by atoms with van der Waals surface area (Å²) in [6, 6.07) is 5.06. The van der Waals surface area contributed by atoms with Crippen molar-refractivity contribution in [1.29, 1.82) is 0 Å².